The van der Waals surface area contributed by atoms with Crippen molar-refractivity contribution in [2.24, 2.45) is 0 Å². The Morgan fingerprint density at radius 1 is 1.27 bits per heavy atom. The van der Waals surface area contributed by atoms with E-state index in [1.807, 2.05) is 12.1 Å². The van der Waals surface area contributed by atoms with Gasteiger partial charge in [0.15, 0.2) is 5.89 Å². The van der Waals surface area contributed by atoms with Gasteiger partial charge in [0.2, 0.25) is 5.58 Å². The minimum absolute atomic E-state index is 0.233. The Hall–Kier alpha value is -2.66. The van der Waals surface area contributed by atoms with Crippen LogP contribution in [0.3, 0.4) is 0 Å². The number of halogens is 1. The van der Waals surface area contributed by atoms with Crippen LogP contribution in [-0.2, 0) is 0 Å². The molecular formula is C16H10ClN3O2. The molecule has 4 aromatic rings. The van der Waals surface area contributed by atoms with E-state index >= 15 is 0 Å². The summed E-state index contributed by atoms with van der Waals surface area (Å²) < 4.78 is 7.04. The number of hydrogen-bond acceptors (Lipinski definition) is 4. The predicted molar refractivity (Wildman–Crippen MR) is 84.7 cm³/mol. The molecule has 1 aromatic carbocycles. The summed E-state index contributed by atoms with van der Waals surface area (Å²) in [6, 6.07) is 8.94. The summed E-state index contributed by atoms with van der Waals surface area (Å²) in [6.07, 6.45) is 3.28. The zero-order valence-corrected chi connectivity index (χ0v) is 12.3. The molecule has 4 rings (SSSR count). The highest BCUT2D eigenvalue weighted by molar-refractivity contribution is 6.31. The van der Waals surface area contributed by atoms with Crippen molar-refractivity contribution >= 4 is 33.6 Å². The first-order valence-electron chi connectivity index (χ1n) is 6.67. The maximum atomic E-state index is 12.8. The van der Waals surface area contributed by atoms with Gasteiger partial charge in [0.1, 0.15) is 5.52 Å². The van der Waals surface area contributed by atoms with Gasteiger partial charge in [-0.25, -0.2) is 4.98 Å². The van der Waals surface area contributed by atoms with E-state index < -0.39 is 0 Å². The molecule has 0 amide bonds. The lowest BCUT2D eigenvalue weighted by molar-refractivity contribution is 0.556. The van der Waals surface area contributed by atoms with Gasteiger partial charge in [-0.3, -0.25) is 14.3 Å². The van der Waals surface area contributed by atoms with Crippen LogP contribution in [0, 0.1) is 6.92 Å². The Kier molecular flexibility index (Phi) is 2.77. The van der Waals surface area contributed by atoms with Gasteiger partial charge in [0.25, 0.3) is 0 Å². The Morgan fingerprint density at radius 2 is 2.14 bits per heavy atom. The fourth-order valence-electron chi connectivity index (χ4n) is 2.60. The van der Waals surface area contributed by atoms with Gasteiger partial charge in [0, 0.05) is 23.5 Å². The fraction of sp³-hybridized carbons (Fsp3) is 0.0625. The summed E-state index contributed by atoms with van der Waals surface area (Å²) in [7, 11) is 0. The number of benzene rings is 1. The predicted octanol–water partition coefficient (Wildman–Crippen LogP) is 3.49. The summed E-state index contributed by atoms with van der Waals surface area (Å²) in [5.74, 6) is 0.451. The van der Waals surface area contributed by atoms with Gasteiger partial charge in [-0.05, 0) is 30.3 Å². The molecule has 0 aliphatic carbocycles. The highest BCUT2D eigenvalue weighted by atomic mass is 35.5. The van der Waals surface area contributed by atoms with Crippen molar-refractivity contribution in [3.63, 3.8) is 0 Å². The normalized spacial score (nSPS) is 11.4. The molecule has 0 atom stereocenters. The molecular weight excluding hydrogens is 302 g/mol. The number of nitrogens with zero attached hydrogens (tertiary/aromatic N) is 3. The van der Waals surface area contributed by atoms with Crippen LogP contribution >= 0.6 is 11.6 Å². The molecule has 22 heavy (non-hydrogen) atoms. The summed E-state index contributed by atoms with van der Waals surface area (Å²) in [4.78, 5) is 21.2. The van der Waals surface area contributed by atoms with E-state index in [1.54, 1.807) is 42.1 Å². The van der Waals surface area contributed by atoms with E-state index in [4.69, 9.17) is 16.0 Å². The van der Waals surface area contributed by atoms with Crippen molar-refractivity contribution in [3.8, 4) is 5.69 Å². The number of aromatic nitrogens is 3. The molecule has 0 unspecified atom stereocenters. The standard InChI is InChI=1S/C16H10ClN3O2/c1-9-19-14-12-5-4-10(17)7-13(12)20(16(21)15(14)22-9)11-3-2-6-18-8-11/h2-8H,1H3. The van der Waals surface area contributed by atoms with E-state index in [2.05, 4.69) is 9.97 Å². The van der Waals surface area contributed by atoms with Crippen LogP contribution in [-0.4, -0.2) is 14.5 Å². The van der Waals surface area contributed by atoms with E-state index in [1.165, 1.54) is 0 Å². The Morgan fingerprint density at radius 3 is 2.91 bits per heavy atom. The molecule has 0 spiro atoms. The van der Waals surface area contributed by atoms with Gasteiger partial charge in [-0.2, -0.15) is 0 Å². The van der Waals surface area contributed by atoms with Crippen LogP contribution in [0.5, 0.6) is 0 Å². The van der Waals surface area contributed by atoms with Crippen molar-refractivity contribution in [3.05, 3.63) is 64.0 Å². The van der Waals surface area contributed by atoms with Crippen molar-refractivity contribution in [2.45, 2.75) is 6.92 Å². The Balaban J connectivity index is 2.28. The second kappa shape index (κ2) is 4.68. The molecule has 3 heterocycles. The average molecular weight is 312 g/mol. The minimum Gasteiger partial charge on any atom is -0.435 e. The molecule has 5 nitrogen and oxygen atoms in total. The smallest absolute Gasteiger partial charge is 0.301 e. The molecule has 6 heteroatoms. The molecule has 0 saturated heterocycles. The number of aryl methyl sites for hydroxylation is 1. The Bertz CT molecular complexity index is 1070. The van der Waals surface area contributed by atoms with E-state index in [0.717, 1.165) is 5.39 Å². The second-order valence-corrected chi connectivity index (χ2v) is 5.36. The molecule has 0 fully saturated rings. The number of fused-ring (bicyclic) bond motifs is 3. The molecule has 108 valence electrons. The van der Waals surface area contributed by atoms with Crippen LogP contribution in [0.25, 0.3) is 27.7 Å². The van der Waals surface area contributed by atoms with Crippen LogP contribution in [0.15, 0.2) is 51.9 Å². The molecule has 3 aromatic heterocycles. The number of hydrogen-bond donors (Lipinski definition) is 0. The zero-order valence-electron chi connectivity index (χ0n) is 11.6. The van der Waals surface area contributed by atoms with Crippen molar-refractivity contribution < 1.29 is 4.42 Å². The van der Waals surface area contributed by atoms with Crippen LogP contribution in [0.4, 0.5) is 0 Å². The third kappa shape index (κ3) is 1.83. The highest BCUT2D eigenvalue weighted by Gasteiger charge is 2.17. The lowest BCUT2D eigenvalue weighted by atomic mass is 10.2. The van der Waals surface area contributed by atoms with E-state index in [0.29, 0.717) is 27.6 Å². The van der Waals surface area contributed by atoms with Crippen LogP contribution in [0.1, 0.15) is 5.89 Å². The SMILES string of the molecule is Cc1nc2c(o1)c(=O)n(-c1cccnc1)c1cc(Cl)ccc21. The highest BCUT2D eigenvalue weighted by Crippen LogP contribution is 2.27. The number of rotatable bonds is 1. The monoisotopic (exact) mass is 311 g/mol. The van der Waals surface area contributed by atoms with Gasteiger partial charge in [-0.15, -0.1) is 0 Å². The maximum Gasteiger partial charge on any atom is 0.301 e. The summed E-state index contributed by atoms with van der Waals surface area (Å²) in [5.41, 5.74) is 1.82. The summed E-state index contributed by atoms with van der Waals surface area (Å²) in [5, 5.41) is 1.35. The fourth-order valence-corrected chi connectivity index (χ4v) is 2.76. The van der Waals surface area contributed by atoms with Crippen LogP contribution in [0.2, 0.25) is 5.02 Å². The lowest BCUT2D eigenvalue weighted by Gasteiger charge is -2.10. The Labute approximate surface area is 129 Å². The third-order valence-corrected chi connectivity index (χ3v) is 3.73. The second-order valence-electron chi connectivity index (χ2n) is 4.92. The number of pyridine rings is 2. The van der Waals surface area contributed by atoms with E-state index in [-0.39, 0.29) is 11.1 Å². The van der Waals surface area contributed by atoms with Crippen LogP contribution < -0.4 is 5.56 Å². The first kappa shape index (κ1) is 13.0. The van der Waals surface area contributed by atoms with Crippen molar-refractivity contribution in [1.29, 1.82) is 0 Å². The zero-order chi connectivity index (χ0) is 15.3. The van der Waals surface area contributed by atoms with Gasteiger partial charge < -0.3 is 4.42 Å². The molecule has 0 N–H and O–H groups in total. The third-order valence-electron chi connectivity index (χ3n) is 3.49. The minimum atomic E-state index is -0.279. The summed E-state index contributed by atoms with van der Waals surface area (Å²) in [6.45, 7) is 1.72. The van der Waals surface area contributed by atoms with E-state index in [9.17, 15) is 4.79 Å². The van der Waals surface area contributed by atoms with Gasteiger partial charge in [0.05, 0.1) is 17.4 Å². The summed E-state index contributed by atoms with van der Waals surface area (Å²) >= 11 is 6.11. The maximum absolute atomic E-state index is 12.8. The quantitative estimate of drug-likeness (QED) is 0.540. The lowest BCUT2D eigenvalue weighted by Crippen LogP contribution is -2.18. The molecule has 0 aliphatic rings. The average Bonchev–Trinajstić information content (AvgIpc) is 2.90. The first-order chi connectivity index (χ1) is 10.6. The first-order valence-corrected chi connectivity index (χ1v) is 7.05. The topological polar surface area (TPSA) is 60.9 Å². The number of oxazole rings is 1. The van der Waals surface area contributed by atoms with Crippen molar-refractivity contribution in [1.82, 2.24) is 14.5 Å². The molecule has 0 aliphatic heterocycles. The molecule has 0 saturated carbocycles. The molecule has 0 bridgehead atoms. The van der Waals surface area contributed by atoms with Gasteiger partial charge >= 0.3 is 5.56 Å². The largest absolute Gasteiger partial charge is 0.435 e. The van der Waals surface area contributed by atoms with Gasteiger partial charge in [-0.1, -0.05) is 11.6 Å². The van der Waals surface area contributed by atoms with Crippen molar-refractivity contribution in [2.75, 3.05) is 0 Å². The molecule has 0 radical (unpaired) electrons.